The molecule has 0 atom stereocenters. The molecule has 0 unspecified atom stereocenters. The third-order valence-electron chi connectivity index (χ3n) is 2.82. The molecule has 6 heteroatoms. The number of nitrogens with one attached hydrogen (secondary N) is 1. The standard InChI is InChI=1S/C17H12N2O4/c18-16(19)12-6-8-14(9-7-12)23-15(20)10-3-11-1-4-13(5-2-11)17(21)22/h1-2,4-9H,(H3,18,19)(H,21,22). The van der Waals surface area contributed by atoms with Gasteiger partial charge in [-0.25, -0.2) is 9.59 Å². The van der Waals surface area contributed by atoms with Crippen LogP contribution < -0.4 is 10.5 Å². The van der Waals surface area contributed by atoms with Crippen molar-refractivity contribution in [1.82, 2.24) is 0 Å². The number of aromatic carboxylic acids is 1. The molecule has 6 nitrogen and oxygen atoms in total. The maximum atomic E-state index is 11.6. The Morgan fingerprint density at radius 1 is 1.00 bits per heavy atom. The van der Waals surface area contributed by atoms with Gasteiger partial charge in [-0.2, -0.15) is 0 Å². The minimum atomic E-state index is -1.03. The first-order valence-electron chi connectivity index (χ1n) is 6.47. The lowest BCUT2D eigenvalue weighted by Crippen LogP contribution is -2.11. The number of benzene rings is 2. The van der Waals surface area contributed by atoms with Crippen LogP contribution in [0, 0.1) is 17.3 Å². The number of nitrogens with two attached hydrogens (primary N) is 1. The highest BCUT2D eigenvalue weighted by molar-refractivity contribution is 5.95. The lowest BCUT2D eigenvalue weighted by Gasteiger charge is -2.01. The molecule has 0 fully saturated rings. The maximum Gasteiger partial charge on any atom is 0.390 e. The number of carbonyl (C=O) groups is 2. The van der Waals surface area contributed by atoms with Gasteiger partial charge in [0, 0.05) is 17.0 Å². The van der Waals surface area contributed by atoms with Crippen LogP contribution in [0.2, 0.25) is 0 Å². The van der Waals surface area contributed by atoms with Crippen molar-refractivity contribution in [2.75, 3.05) is 0 Å². The first-order chi connectivity index (χ1) is 11.0. The summed E-state index contributed by atoms with van der Waals surface area (Å²) in [7, 11) is 0. The third-order valence-corrected chi connectivity index (χ3v) is 2.82. The number of rotatable bonds is 3. The van der Waals surface area contributed by atoms with E-state index in [1.165, 1.54) is 36.4 Å². The van der Waals surface area contributed by atoms with Crippen LogP contribution in [0.15, 0.2) is 48.5 Å². The lowest BCUT2D eigenvalue weighted by molar-refractivity contribution is -0.128. The zero-order valence-electron chi connectivity index (χ0n) is 11.9. The SMILES string of the molecule is N=C(N)c1ccc(OC(=O)C#Cc2ccc(C(=O)O)cc2)cc1. The Morgan fingerprint density at radius 3 is 2.09 bits per heavy atom. The third kappa shape index (κ3) is 4.44. The minimum absolute atomic E-state index is 0.0764. The maximum absolute atomic E-state index is 11.6. The molecule has 0 spiro atoms. The topological polar surface area (TPSA) is 113 Å². The second-order valence-corrected chi connectivity index (χ2v) is 4.46. The van der Waals surface area contributed by atoms with Crippen molar-refractivity contribution >= 4 is 17.8 Å². The van der Waals surface area contributed by atoms with E-state index >= 15 is 0 Å². The Balaban J connectivity index is 2.02. The van der Waals surface area contributed by atoms with Crippen LogP contribution in [-0.4, -0.2) is 22.9 Å². The number of hydrogen-bond donors (Lipinski definition) is 3. The molecule has 0 aliphatic carbocycles. The molecule has 0 aliphatic rings. The summed E-state index contributed by atoms with van der Waals surface area (Å²) in [4.78, 5) is 22.3. The van der Waals surface area contributed by atoms with Gasteiger partial charge in [0.05, 0.1) is 5.56 Å². The Bertz CT molecular complexity index is 812. The summed E-state index contributed by atoms with van der Waals surface area (Å²) in [6, 6.07) is 12.0. The van der Waals surface area contributed by atoms with Crippen LogP contribution in [0.25, 0.3) is 0 Å². The van der Waals surface area contributed by atoms with Crippen LogP contribution in [0.4, 0.5) is 0 Å². The number of carboxylic acids is 1. The van der Waals surface area contributed by atoms with E-state index in [2.05, 4.69) is 11.8 Å². The van der Waals surface area contributed by atoms with Gasteiger partial charge < -0.3 is 15.6 Å². The van der Waals surface area contributed by atoms with Gasteiger partial charge in [-0.15, -0.1) is 0 Å². The highest BCUT2D eigenvalue weighted by Crippen LogP contribution is 2.12. The van der Waals surface area contributed by atoms with Crippen molar-refractivity contribution in [1.29, 1.82) is 5.41 Å². The summed E-state index contributed by atoms with van der Waals surface area (Å²) in [5.41, 5.74) is 6.49. The Labute approximate surface area is 132 Å². The number of hydrogen-bond acceptors (Lipinski definition) is 4. The molecule has 2 rings (SSSR count). The van der Waals surface area contributed by atoms with Crippen molar-refractivity contribution in [2.45, 2.75) is 0 Å². The van der Waals surface area contributed by atoms with E-state index in [0.717, 1.165) is 0 Å². The number of esters is 1. The normalized spacial score (nSPS) is 9.39. The predicted molar refractivity (Wildman–Crippen MR) is 83.4 cm³/mol. The molecule has 114 valence electrons. The van der Waals surface area contributed by atoms with Gasteiger partial charge in [0.25, 0.3) is 0 Å². The van der Waals surface area contributed by atoms with Crippen LogP contribution >= 0.6 is 0 Å². The molecule has 0 aliphatic heterocycles. The summed E-state index contributed by atoms with van der Waals surface area (Å²) in [5.74, 6) is 3.33. The Hall–Kier alpha value is -3.59. The van der Waals surface area contributed by atoms with E-state index in [-0.39, 0.29) is 17.1 Å². The van der Waals surface area contributed by atoms with E-state index < -0.39 is 11.9 Å². The number of carboxylic acid groups (broad SMARTS) is 1. The second-order valence-electron chi connectivity index (χ2n) is 4.46. The number of ether oxygens (including phenoxy) is 1. The first kappa shape index (κ1) is 15.8. The van der Waals surface area contributed by atoms with Gasteiger partial charge in [0.2, 0.25) is 0 Å². The monoisotopic (exact) mass is 308 g/mol. The van der Waals surface area contributed by atoms with Gasteiger partial charge in [0.1, 0.15) is 11.6 Å². The van der Waals surface area contributed by atoms with E-state index in [1.807, 2.05) is 0 Å². The fourth-order valence-corrected chi connectivity index (χ4v) is 1.65. The van der Waals surface area contributed by atoms with Crippen molar-refractivity contribution in [3.63, 3.8) is 0 Å². The van der Waals surface area contributed by atoms with E-state index in [9.17, 15) is 9.59 Å². The largest absolute Gasteiger partial charge is 0.478 e. The van der Waals surface area contributed by atoms with Crippen LogP contribution in [-0.2, 0) is 4.79 Å². The van der Waals surface area contributed by atoms with Gasteiger partial charge in [-0.05, 0) is 48.5 Å². The summed E-state index contributed by atoms with van der Waals surface area (Å²) >= 11 is 0. The van der Waals surface area contributed by atoms with Crippen LogP contribution in [0.1, 0.15) is 21.5 Å². The quantitative estimate of drug-likeness (QED) is 0.262. The highest BCUT2D eigenvalue weighted by Gasteiger charge is 2.03. The first-order valence-corrected chi connectivity index (χ1v) is 6.47. The number of amidine groups is 1. The molecule has 0 amide bonds. The molecule has 0 heterocycles. The van der Waals surface area contributed by atoms with E-state index in [1.54, 1.807) is 12.1 Å². The number of carbonyl (C=O) groups excluding carboxylic acids is 1. The summed E-state index contributed by atoms with van der Waals surface area (Å²) in [5, 5.41) is 16.0. The van der Waals surface area contributed by atoms with Gasteiger partial charge in [-0.3, -0.25) is 5.41 Å². The van der Waals surface area contributed by atoms with Crippen molar-refractivity contribution in [2.24, 2.45) is 5.73 Å². The van der Waals surface area contributed by atoms with Crippen LogP contribution in [0.5, 0.6) is 5.75 Å². The molecular formula is C17H12N2O4. The molecule has 0 saturated heterocycles. The van der Waals surface area contributed by atoms with Gasteiger partial charge in [0.15, 0.2) is 0 Å². The molecule has 2 aromatic rings. The van der Waals surface area contributed by atoms with E-state index in [0.29, 0.717) is 11.1 Å². The molecule has 0 saturated carbocycles. The second kappa shape index (κ2) is 6.91. The van der Waals surface area contributed by atoms with Gasteiger partial charge >= 0.3 is 11.9 Å². The lowest BCUT2D eigenvalue weighted by atomic mass is 10.1. The summed E-state index contributed by atoms with van der Waals surface area (Å²) in [6.45, 7) is 0. The molecule has 0 radical (unpaired) electrons. The average Bonchev–Trinajstić information content (AvgIpc) is 2.54. The molecule has 23 heavy (non-hydrogen) atoms. The minimum Gasteiger partial charge on any atom is -0.478 e. The predicted octanol–water partition coefficient (Wildman–Crippen LogP) is 1.63. The smallest absolute Gasteiger partial charge is 0.390 e. The van der Waals surface area contributed by atoms with Crippen molar-refractivity contribution < 1.29 is 19.4 Å². The zero-order chi connectivity index (χ0) is 16.8. The average molecular weight is 308 g/mol. The fourth-order valence-electron chi connectivity index (χ4n) is 1.65. The molecule has 0 bridgehead atoms. The van der Waals surface area contributed by atoms with Crippen molar-refractivity contribution in [3.05, 3.63) is 65.2 Å². The number of nitrogen functional groups attached to an aromatic ring is 1. The summed E-state index contributed by atoms with van der Waals surface area (Å²) in [6.07, 6.45) is 0. The molecule has 2 aromatic carbocycles. The zero-order valence-corrected chi connectivity index (χ0v) is 11.9. The Kier molecular flexibility index (Phi) is 4.75. The molecular weight excluding hydrogens is 296 g/mol. The van der Waals surface area contributed by atoms with Crippen LogP contribution in [0.3, 0.4) is 0 Å². The van der Waals surface area contributed by atoms with Gasteiger partial charge in [-0.1, -0.05) is 5.92 Å². The summed E-state index contributed by atoms with van der Waals surface area (Å²) < 4.78 is 5.01. The highest BCUT2D eigenvalue weighted by atomic mass is 16.5. The fraction of sp³-hybridized carbons (Fsp3) is 0. The molecule has 4 N–H and O–H groups in total. The van der Waals surface area contributed by atoms with Crippen molar-refractivity contribution in [3.8, 4) is 17.6 Å². The Morgan fingerprint density at radius 2 is 1.57 bits per heavy atom. The molecule has 0 aromatic heterocycles. The van der Waals surface area contributed by atoms with E-state index in [4.69, 9.17) is 21.0 Å².